The predicted octanol–water partition coefficient (Wildman–Crippen LogP) is 3.19. The molecule has 0 radical (unpaired) electrons. The Hall–Kier alpha value is -1.37. The monoisotopic (exact) mass is 422 g/mol. The van der Waals surface area contributed by atoms with E-state index in [9.17, 15) is 4.79 Å². The first-order chi connectivity index (χ1) is 12.3. The number of ether oxygens (including phenoxy) is 2. The van der Waals surface area contributed by atoms with Gasteiger partial charge < -0.3 is 14.4 Å². The van der Waals surface area contributed by atoms with Gasteiger partial charge in [-0.2, -0.15) is 0 Å². The number of anilines is 1. The van der Waals surface area contributed by atoms with Crippen molar-refractivity contribution in [3.8, 4) is 5.75 Å². The summed E-state index contributed by atoms with van der Waals surface area (Å²) < 4.78 is 11.2. The van der Waals surface area contributed by atoms with Gasteiger partial charge in [-0.25, -0.2) is 0 Å². The Kier molecular flexibility index (Phi) is 6.73. The molecule has 1 aromatic carbocycles. The van der Waals surface area contributed by atoms with Gasteiger partial charge in [-0.1, -0.05) is 6.42 Å². The van der Waals surface area contributed by atoms with Crippen LogP contribution < -0.4 is 9.64 Å². The first-order valence-electron chi connectivity index (χ1n) is 9.38. The lowest BCUT2D eigenvalue weighted by molar-refractivity contribution is -0.113. The van der Waals surface area contributed by atoms with Gasteiger partial charge in [0, 0.05) is 31.4 Å². The summed E-state index contributed by atoms with van der Waals surface area (Å²) in [7, 11) is 0. The Morgan fingerprint density at radius 3 is 2.65 bits per heavy atom. The molecule has 4 rings (SSSR count). The smallest absolute Gasteiger partial charge is 0.251 e. The van der Waals surface area contributed by atoms with E-state index in [2.05, 4.69) is 4.90 Å². The number of morpholine rings is 1. The van der Waals surface area contributed by atoms with Crippen LogP contribution in [0.5, 0.6) is 5.75 Å². The highest BCUT2D eigenvalue weighted by atomic mass is 79.9. The Morgan fingerprint density at radius 1 is 1.12 bits per heavy atom. The number of hydrogen-bond acceptors (Lipinski definition) is 4. The SMILES string of the molecule is Br.O=C1C=C2CCCCC2N1c1ccc(OCCN2CCOCC2)cc1. The van der Waals surface area contributed by atoms with Gasteiger partial charge in [0.1, 0.15) is 12.4 Å². The molecule has 3 aliphatic rings. The summed E-state index contributed by atoms with van der Waals surface area (Å²) in [6.45, 7) is 5.19. The summed E-state index contributed by atoms with van der Waals surface area (Å²) >= 11 is 0. The highest BCUT2D eigenvalue weighted by molar-refractivity contribution is 8.93. The molecular formula is C20H27BrN2O3. The lowest BCUT2D eigenvalue weighted by Crippen LogP contribution is -2.38. The molecule has 0 N–H and O–H groups in total. The molecule has 2 aliphatic heterocycles. The molecule has 1 atom stereocenters. The summed E-state index contributed by atoms with van der Waals surface area (Å²) in [5.41, 5.74) is 2.28. The van der Waals surface area contributed by atoms with Gasteiger partial charge in [0.2, 0.25) is 0 Å². The van der Waals surface area contributed by atoms with Crippen LogP contribution in [0, 0.1) is 0 Å². The Bertz CT molecular complexity index is 641. The van der Waals surface area contributed by atoms with Gasteiger partial charge in [0.05, 0.1) is 19.3 Å². The first-order valence-corrected chi connectivity index (χ1v) is 9.38. The van der Waals surface area contributed by atoms with E-state index < -0.39 is 0 Å². The zero-order valence-corrected chi connectivity index (χ0v) is 16.8. The largest absolute Gasteiger partial charge is 0.492 e. The number of benzene rings is 1. The third-order valence-corrected chi connectivity index (χ3v) is 5.37. The number of amides is 1. The van der Waals surface area contributed by atoms with E-state index >= 15 is 0 Å². The van der Waals surface area contributed by atoms with Crippen LogP contribution in [0.4, 0.5) is 5.69 Å². The van der Waals surface area contributed by atoms with Crippen LogP contribution in [0.15, 0.2) is 35.9 Å². The van der Waals surface area contributed by atoms with Crippen LogP contribution in [0.2, 0.25) is 0 Å². The maximum Gasteiger partial charge on any atom is 0.251 e. The lowest BCUT2D eigenvalue weighted by atomic mass is 9.91. The van der Waals surface area contributed by atoms with E-state index in [0.717, 1.165) is 57.1 Å². The average molecular weight is 423 g/mol. The number of fused-ring (bicyclic) bond motifs is 1. The maximum absolute atomic E-state index is 12.4. The number of hydrogen-bond donors (Lipinski definition) is 0. The normalized spacial score (nSPS) is 23.2. The molecule has 1 aliphatic carbocycles. The summed E-state index contributed by atoms with van der Waals surface area (Å²) in [5, 5.41) is 0. The number of halogens is 1. The van der Waals surface area contributed by atoms with Crippen molar-refractivity contribution in [2.45, 2.75) is 31.7 Å². The van der Waals surface area contributed by atoms with Crippen molar-refractivity contribution in [1.82, 2.24) is 4.90 Å². The molecule has 0 aromatic heterocycles. The van der Waals surface area contributed by atoms with Crippen molar-refractivity contribution in [1.29, 1.82) is 0 Å². The van der Waals surface area contributed by atoms with Crippen molar-refractivity contribution in [2.24, 2.45) is 0 Å². The third-order valence-electron chi connectivity index (χ3n) is 5.37. The standard InChI is InChI=1S/C20H26N2O3.BrH/c23-20-15-16-3-1-2-4-19(16)22(20)17-5-7-18(8-6-17)25-14-11-21-9-12-24-13-10-21;/h5-8,15,19H,1-4,9-14H2;1H. The molecule has 2 heterocycles. The Morgan fingerprint density at radius 2 is 1.88 bits per heavy atom. The second-order valence-corrected chi connectivity index (χ2v) is 6.99. The summed E-state index contributed by atoms with van der Waals surface area (Å²) in [5.74, 6) is 0.989. The molecular weight excluding hydrogens is 396 g/mol. The van der Waals surface area contributed by atoms with Gasteiger partial charge in [-0.15, -0.1) is 17.0 Å². The minimum absolute atomic E-state index is 0. The van der Waals surface area contributed by atoms with Gasteiger partial charge in [0.15, 0.2) is 0 Å². The molecule has 1 amide bonds. The highest BCUT2D eigenvalue weighted by Crippen LogP contribution is 2.36. The molecule has 26 heavy (non-hydrogen) atoms. The van der Waals surface area contributed by atoms with E-state index in [0.29, 0.717) is 6.61 Å². The molecule has 1 saturated heterocycles. The summed E-state index contributed by atoms with van der Waals surface area (Å²) in [6, 6.07) is 8.24. The van der Waals surface area contributed by atoms with Crippen LogP contribution >= 0.6 is 17.0 Å². The van der Waals surface area contributed by atoms with E-state index in [1.54, 1.807) is 0 Å². The molecule has 5 nitrogen and oxygen atoms in total. The van der Waals surface area contributed by atoms with Gasteiger partial charge in [0.25, 0.3) is 5.91 Å². The van der Waals surface area contributed by atoms with E-state index in [1.165, 1.54) is 18.4 Å². The van der Waals surface area contributed by atoms with Crippen molar-refractivity contribution in [3.63, 3.8) is 0 Å². The lowest BCUT2D eigenvalue weighted by Gasteiger charge is -2.30. The van der Waals surface area contributed by atoms with Crippen LogP contribution in [-0.2, 0) is 9.53 Å². The first kappa shape index (κ1) is 19.4. The summed E-state index contributed by atoms with van der Waals surface area (Å²) in [4.78, 5) is 16.7. The minimum atomic E-state index is 0. The molecule has 0 spiro atoms. The fourth-order valence-corrected chi connectivity index (χ4v) is 3.99. The third kappa shape index (κ3) is 4.30. The molecule has 1 aromatic rings. The second-order valence-electron chi connectivity index (χ2n) is 6.99. The molecule has 2 fully saturated rings. The maximum atomic E-state index is 12.4. The molecule has 1 unspecified atom stereocenters. The number of rotatable bonds is 5. The van der Waals surface area contributed by atoms with Gasteiger partial charge >= 0.3 is 0 Å². The molecule has 0 bridgehead atoms. The van der Waals surface area contributed by atoms with E-state index in [-0.39, 0.29) is 28.9 Å². The second kappa shape index (κ2) is 9.02. The van der Waals surface area contributed by atoms with Crippen LogP contribution in [0.25, 0.3) is 0 Å². The van der Waals surface area contributed by atoms with Crippen LogP contribution in [0.3, 0.4) is 0 Å². The van der Waals surface area contributed by atoms with Crippen LogP contribution in [-0.4, -0.2) is 56.3 Å². The van der Waals surface area contributed by atoms with E-state index in [4.69, 9.17) is 9.47 Å². The van der Waals surface area contributed by atoms with E-state index in [1.807, 2.05) is 35.2 Å². The zero-order valence-electron chi connectivity index (χ0n) is 15.1. The Labute approximate surface area is 165 Å². The topological polar surface area (TPSA) is 42.0 Å². The number of carbonyl (C=O) groups is 1. The quantitative estimate of drug-likeness (QED) is 0.730. The predicted molar refractivity (Wildman–Crippen MR) is 107 cm³/mol. The molecule has 1 saturated carbocycles. The summed E-state index contributed by atoms with van der Waals surface area (Å²) in [6.07, 6.45) is 6.40. The molecule has 6 heteroatoms. The zero-order chi connectivity index (χ0) is 17.1. The van der Waals surface area contributed by atoms with Crippen molar-refractivity contribution in [2.75, 3.05) is 44.4 Å². The van der Waals surface area contributed by atoms with Gasteiger partial charge in [-0.3, -0.25) is 9.69 Å². The highest BCUT2D eigenvalue weighted by Gasteiger charge is 2.34. The van der Waals surface area contributed by atoms with Crippen molar-refractivity contribution in [3.05, 3.63) is 35.9 Å². The van der Waals surface area contributed by atoms with Crippen molar-refractivity contribution < 1.29 is 14.3 Å². The van der Waals surface area contributed by atoms with Crippen LogP contribution in [0.1, 0.15) is 25.7 Å². The molecule has 142 valence electrons. The Balaban J connectivity index is 0.00000196. The minimum Gasteiger partial charge on any atom is -0.492 e. The fraction of sp³-hybridized carbons (Fsp3) is 0.550. The number of nitrogens with zero attached hydrogens (tertiary/aromatic N) is 2. The average Bonchev–Trinajstić information content (AvgIpc) is 2.99. The fourth-order valence-electron chi connectivity index (χ4n) is 3.99. The van der Waals surface area contributed by atoms with Gasteiger partial charge in [-0.05, 0) is 49.1 Å². The number of carbonyl (C=O) groups excluding carboxylic acids is 1. The van der Waals surface area contributed by atoms with Crippen molar-refractivity contribution >= 4 is 28.6 Å².